The van der Waals surface area contributed by atoms with E-state index in [9.17, 15) is 23.1 Å². The molecule has 0 spiro atoms. The van der Waals surface area contributed by atoms with Crippen LogP contribution >= 0.6 is 0 Å². The van der Waals surface area contributed by atoms with Gasteiger partial charge in [0.1, 0.15) is 0 Å². The van der Waals surface area contributed by atoms with Crippen LogP contribution in [0.5, 0.6) is 0 Å². The van der Waals surface area contributed by atoms with E-state index < -0.39 is 17.8 Å². The molecule has 0 radical (unpaired) electrons. The molecular formula is C16H21F3N2O3. The largest absolute Gasteiger partial charge is 0.416 e. The van der Waals surface area contributed by atoms with E-state index in [2.05, 4.69) is 5.32 Å². The Labute approximate surface area is 138 Å². The van der Waals surface area contributed by atoms with Crippen molar-refractivity contribution in [3.8, 4) is 0 Å². The molecule has 0 bridgehead atoms. The quantitative estimate of drug-likeness (QED) is 0.880. The van der Waals surface area contributed by atoms with Crippen molar-refractivity contribution in [1.82, 2.24) is 10.2 Å². The summed E-state index contributed by atoms with van der Waals surface area (Å²) in [4.78, 5) is 13.9. The number of amides is 2. The smallest absolute Gasteiger partial charge is 0.393 e. The molecule has 1 aliphatic heterocycles. The number of alkyl halides is 3. The summed E-state index contributed by atoms with van der Waals surface area (Å²) < 4.78 is 43.4. The summed E-state index contributed by atoms with van der Waals surface area (Å²) in [6.45, 7) is 2.75. The number of aliphatic hydroxyl groups is 1. The number of urea groups is 1. The van der Waals surface area contributed by atoms with Crippen molar-refractivity contribution in [1.29, 1.82) is 0 Å². The second-order valence-electron chi connectivity index (χ2n) is 5.86. The van der Waals surface area contributed by atoms with Gasteiger partial charge in [0.25, 0.3) is 0 Å². The first-order chi connectivity index (χ1) is 11.3. The Kier molecular flexibility index (Phi) is 6.06. The van der Waals surface area contributed by atoms with Gasteiger partial charge in [-0.2, -0.15) is 13.2 Å². The Hall–Kier alpha value is -1.80. The predicted octanol–water partition coefficient (Wildman–Crippen LogP) is 2.39. The third kappa shape index (κ3) is 5.10. The molecule has 0 unspecified atom stereocenters. The molecule has 1 fully saturated rings. The van der Waals surface area contributed by atoms with Crippen LogP contribution in [0.2, 0.25) is 0 Å². The lowest BCUT2D eigenvalue weighted by Gasteiger charge is -2.36. The van der Waals surface area contributed by atoms with Crippen molar-refractivity contribution in [2.24, 2.45) is 0 Å². The number of carbonyl (C=O) groups excluding carboxylic acids is 1. The molecule has 1 aromatic carbocycles. The van der Waals surface area contributed by atoms with Gasteiger partial charge in [-0.05, 0) is 31.0 Å². The fourth-order valence-electron chi connectivity index (χ4n) is 2.65. The Balaban J connectivity index is 1.96. The number of rotatable bonds is 4. The number of nitrogens with zero attached hydrogens (tertiary/aromatic N) is 1. The monoisotopic (exact) mass is 346 g/mol. The van der Waals surface area contributed by atoms with Gasteiger partial charge in [0.05, 0.1) is 30.9 Å². The van der Waals surface area contributed by atoms with Crippen LogP contribution in [0.4, 0.5) is 18.0 Å². The third-order valence-corrected chi connectivity index (χ3v) is 3.80. The van der Waals surface area contributed by atoms with Gasteiger partial charge in [0.2, 0.25) is 0 Å². The van der Waals surface area contributed by atoms with Crippen LogP contribution < -0.4 is 5.32 Å². The minimum atomic E-state index is -4.41. The second-order valence-corrected chi connectivity index (χ2v) is 5.86. The Morgan fingerprint density at radius 3 is 2.92 bits per heavy atom. The number of hydrogen-bond acceptors (Lipinski definition) is 3. The highest BCUT2D eigenvalue weighted by molar-refractivity contribution is 5.74. The number of benzene rings is 1. The van der Waals surface area contributed by atoms with Gasteiger partial charge in [-0.1, -0.05) is 12.1 Å². The van der Waals surface area contributed by atoms with Crippen LogP contribution in [0.1, 0.15) is 24.5 Å². The summed E-state index contributed by atoms with van der Waals surface area (Å²) in [6.07, 6.45) is -4.60. The molecule has 1 heterocycles. The number of morpholine rings is 1. The van der Waals surface area contributed by atoms with E-state index in [1.54, 1.807) is 11.8 Å². The number of carbonyl (C=O) groups is 1. The van der Waals surface area contributed by atoms with E-state index in [-0.39, 0.29) is 18.6 Å². The highest BCUT2D eigenvalue weighted by Gasteiger charge is 2.31. The van der Waals surface area contributed by atoms with Gasteiger partial charge in [-0.25, -0.2) is 4.79 Å². The van der Waals surface area contributed by atoms with Crippen LogP contribution in [-0.2, 0) is 17.5 Å². The van der Waals surface area contributed by atoms with Gasteiger partial charge in [-0.15, -0.1) is 0 Å². The standard InChI is InChI=1S/C16H21F3N2O3/c1-11(22)7-14-10-24-6-5-21(14)15(23)20-9-12-3-2-4-13(8-12)16(17,18)19/h2-4,8,11,14,22H,5-7,9-10H2,1H3,(H,20,23)/t11-,14-/m1/s1. The summed E-state index contributed by atoms with van der Waals surface area (Å²) in [7, 11) is 0. The van der Waals surface area contributed by atoms with Gasteiger partial charge < -0.3 is 20.1 Å². The van der Waals surface area contributed by atoms with Crippen molar-refractivity contribution < 1.29 is 27.8 Å². The Morgan fingerprint density at radius 2 is 2.25 bits per heavy atom. The number of hydrogen-bond donors (Lipinski definition) is 2. The second kappa shape index (κ2) is 7.85. The zero-order chi connectivity index (χ0) is 17.7. The van der Waals surface area contributed by atoms with Gasteiger partial charge in [-0.3, -0.25) is 0 Å². The first kappa shape index (κ1) is 18.5. The van der Waals surface area contributed by atoms with Crippen molar-refractivity contribution in [2.45, 2.75) is 38.2 Å². The molecule has 2 atom stereocenters. The van der Waals surface area contributed by atoms with E-state index in [0.29, 0.717) is 31.7 Å². The number of ether oxygens (including phenoxy) is 1. The van der Waals surface area contributed by atoms with E-state index >= 15 is 0 Å². The maximum atomic E-state index is 12.7. The summed E-state index contributed by atoms with van der Waals surface area (Å²) in [6, 6.07) is 4.23. The summed E-state index contributed by atoms with van der Waals surface area (Å²) in [5.74, 6) is 0. The molecule has 8 heteroatoms. The molecule has 2 rings (SSSR count). The fraction of sp³-hybridized carbons (Fsp3) is 0.562. The molecule has 1 aromatic rings. The molecule has 2 N–H and O–H groups in total. The van der Waals surface area contributed by atoms with Crippen LogP contribution in [0.25, 0.3) is 0 Å². The van der Waals surface area contributed by atoms with Gasteiger partial charge >= 0.3 is 12.2 Å². The van der Waals surface area contributed by atoms with Crippen LogP contribution in [0.3, 0.4) is 0 Å². The van der Waals surface area contributed by atoms with Crippen LogP contribution in [-0.4, -0.2) is 47.9 Å². The van der Waals surface area contributed by atoms with Crippen LogP contribution in [0.15, 0.2) is 24.3 Å². The SMILES string of the molecule is C[C@@H](O)C[C@@H]1COCCN1C(=O)NCc1cccc(C(F)(F)F)c1. The molecule has 5 nitrogen and oxygen atoms in total. The molecular weight excluding hydrogens is 325 g/mol. The van der Waals surface area contributed by atoms with E-state index in [1.807, 2.05) is 0 Å². The third-order valence-electron chi connectivity index (χ3n) is 3.80. The molecule has 1 saturated heterocycles. The molecule has 0 aromatic heterocycles. The molecule has 0 aliphatic carbocycles. The normalized spacial score (nSPS) is 19.9. The lowest BCUT2D eigenvalue weighted by molar-refractivity contribution is -0.137. The first-order valence-corrected chi connectivity index (χ1v) is 7.74. The summed E-state index contributed by atoms with van der Waals surface area (Å²) >= 11 is 0. The van der Waals surface area contributed by atoms with E-state index in [0.717, 1.165) is 12.1 Å². The summed E-state index contributed by atoms with van der Waals surface area (Å²) in [5.41, 5.74) is -0.369. The topological polar surface area (TPSA) is 61.8 Å². The average molecular weight is 346 g/mol. The van der Waals surface area contributed by atoms with Crippen molar-refractivity contribution >= 4 is 6.03 Å². The average Bonchev–Trinajstić information content (AvgIpc) is 2.52. The molecule has 24 heavy (non-hydrogen) atoms. The molecule has 134 valence electrons. The lowest BCUT2D eigenvalue weighted by Crippen LogP contribution is -2.53. The summed E-state index contributed by atoms with van der Waals surface area (Å²) in [5, 5.41) is 12.1. The van der Waals surface area contributed by atoms with Crippen molar-refractivity contribution in [2.75, 3.05) is 19.8 Å². The van der Waals surface area contributed by atoms with Gasteiger partial charge in [0, 0.05) is 13.1 Å². The predicted molar refractivity (Wildman–Crippen MR) is 81.3 cm³/mol. The molecule has 1 aliphatic rings. The number of halogens is 3. The Bertz CT molecular complexity index is 564. The Morgan fingerprint density at radius 1 is 1.50 bits per heavy atom. The number of nitrogens with one attached hydrogen (secondary N) is 1. The fourth-order valence-corrected chi connectivity index (χ4v) is 2.65. The van der Waals surface area contributed by atoms with Crippen LogP contribution in [0, 0.1) is 0 Å². The maximum Gasteiger partial charge on any atom is 0.416 e. The van der Waals surface area contributed by atoms with E-state index in [1.165, 1.54) is 12.1 Å². The highest BCUT2D eigenvalue weighted by Crippen LogP contribution is 2.29. The molecule has 2 amide bonds. The van der Waals surface area contributed by atoms with Crippen molar-refractivity contribution in [3.63, 3.8) is 0 Å². The first-order valence-electron chi connectivity index (χ1n) is 7.74. The maximum absolute atomic E-state index is 12.7. The molecule has 0 saturated carbocycles. The minimum absolute atomic E-state index is 0.00150. The minimum Gasteiger partial charge on any atom is -0.393 e. The highest BCUT2D eigenvalue weighted by atomic mass is 19.4. The van der Waals surface area contributed by atoms with Gasteiger partial charge in [0.15, 0.2) is 0 Å². The lowest BCUT2D eigenvalue weighted by atomic mass is 10.1. The zero-order valence-corrected chi connectivity index (χ0v) is 13.3. The zero-order valence-electron chi connectivity index (χ0n) is 13.3. The number of aliphatic hydroxyl groups excluding tert-OH is 1. The van der Waals surface area contributed by atoms with Crippen molar-refractivity contribution in [3.05, 3.63) is 35.4 Å². The van der Waals surface area contributed by atoms with E-state index in [4.69, 9.17) is 4.74 Å².